The van der Waals surface area contributed by atoms with E-state index in [9.17, 15) is 4.79 Å². The fourth-order valence-corrected chi connectivity index (χ4v) is 2.31. The van der Waals surface area contributed by atoms with Crippen LogP contribution in [-0.4, -0.2) is 87.6 Å². The highest BCUT2D eigenvalue weighted by atomic mass is 16.5. The largest absolute Gasteiger partial charge is 0.463 e. The molecule has 2 saturated heterocycles. The Labute approximate surface area is 119 Å². The molecule has 3 unspecified atom stereocenters. The Morgan fingerprint density at radius 2 is 2.15 bits per heavy atom. The Hall–Kier alpha value is -1.20. The predicted octanol–water partition coefficient (Wildman–Crippen LogP) is -0.917. The maximum absolute atomic E-state index is 12.0. The van der Waals surface area contributed by atoms with E-state index < -0.39 is 0 Å². The van der Waals surface area contributed by atoms with Crippen molar-refractivity contribution in [2.75, 3.05) is 53.7 Å². The Bertz CT molecular complexity index is 384. The third-order valence-corrected chi connectivity index (χ3v) is 3.89. The van der Waals surface area contributed by atoms with Crippen molar-refractivity contribution < 1.29 is 19.0 Å². The second kappa shape index (κ2) is 6.99. The molecule has 0 amide bonds. The van der Waals surface area contributed by atoms with Gasteiger partial charge in [-0.1, -0.05) is 0 Å². The van der Waals surface area contributed by atoms with Gasteiger partial charge in [0.2, 0.25) is 0 Å². The van der Waals surface area contributed by atoms with Gasteiger partial charge < -0.3 is 14.2 Å². The van der Waals surface area contributed by atoms with Gasteiger partial charge >= 0.3 is 5.97 Å². The molecule has 7 nitrogen and oxygen atoms in total. The molecule has 0 N–H and O–H groups in total. The smallest absolute Gasteiger partial charge is 0.325 e. The molecule has 2 aliphatic heterocycles. The van der Waals surface area contributed by atoms with Gasteiger partial charge in [-0.3, -0.25) is 14.6 Å². The van der Waals surface area contributed by atoms with Gasteiger partial charge in [0.1, 0.15) is 18.7 Å². The summed E-state index contributed by atoms with van der Waals surface area (Å²) >= 11 is 0. The van der Waals surface area contributed by atoms with Crippen LogP contribution < -0.4 is 0 Å². The van der Waals surface area contributed by atoms with Gasteiger partial charge in [0.25, 0.3) is 0 Å². The van der Waals surface area contributed by atoms with E-state index in [0.29, 0.717) is 26.4 Å². The van der Waals surface area contributed by atoms with Gasteiger partial charge in [0.05, 0.1) is 38.5 Å². The highest BCUT2D eigenvalue weighted by molar-refractivity contribution is 5.76. The lowest BCUT2D eigenvalue weighted by atomic mass is 10.2. The maximum atomic E-state index is 12.0. The van der Waals surface area contributed by atoms with Crippen LogP contribution in [0.1, 0.15) is 0 Å². The number of morpholine rings is 2. The number of rotatable bonds is 3. The Kier molecular flexibility index (Phi) is 5.31. The van der Waals surface area contributed by atoms with Crippen LogP contribution in [-0.2, 0) is 19.0 Å². The number of nitrogens with zero attached hydrogens (tertiary/aromatic N) is 3. The molecule has 0 aliphatic carbocycles. The average molecular weight is 283 g/mol. The molecule has 0 spiro atoms. The van der Waals surface area contributed by atoms with Crippen molar-refractivity contribution in [2.45, 2.75) is 18.1 Å². The summed E-state index contributed by atoms with van der Waals surface area (Å²) in [6, 6.07) is 1.47. The molecule has 2 fully saturated rings. The van der Waals surface area contributed by atoms with E-state index >= 15 is 0 Å². The van der Waals surface area contributed by atoms with Gasteiger partial charge in [0.15, 0.2) is 0 Å². The minimum Gasteiger partial charge on any atom is -0.463 e. The summed E-state index contributed by atoms with van der Waals surface area (Å²) in [5, 5.41) is 8.99. The van der Waals surface area contributed by atoms with E-state index in [4.69, 9.17) is 19.5 Å². The number of hydrogen-bond donors (Lipinski definition) is 0. The first-order valence-electron chi connectivity index (χ1n) is 6.77. The fourth-order valence-electron chi connectivity index (χ4n) is 2.31. The van der Waals surface area contributed by atoms with Crippen LogP contribution in [0.15, 0.2) is 0 Å². The van der Waals surface area contributed by atoms with Crippen LogP contribution in [0.4, 0.5) is 0 Å². The molecule has 0 aromatic heterocycles. The standard InChI is InChI=1S/C13H21N3O4/c1-15-3-4-18-9-12(15)13(17)20-8-11-7-19-6-10(5-14)16(11)2/h10-12H,3-4,6-9H2,1-2H3. The maximum Gasteiger partial charge on any atom is 0.325 e. The molecule has 20 heavy (non-hydrogen) atoms. The van der Waals surface area contributed by atoms with Crippen LogP contribution in [0.3, 0.4) is 0 Å². The quantitative estimate of drug-likeness (QED) is 0.620. The lowest BCUT2D eigenvalue weighted by Crippen LogP contribution is -2.53. The SMILES string of the molecule is CN1CCOCC1C(=O)OCC1COCC(C#N)N1C. The molecule has 0 radical (unpaired) electrons. The number of carbonyl (C=O) groups excluding carboxylic acids is 1. The van der Waals surface area contributed by atoms with Gasteiger partial charge in [-0.25, -0.2) is 0 Å². The Morgan fingerprint density at radius 3 is 2.85 bits per heavy atom. The average Bonchev–Trinajstić information content (AvgIpc) is 2.46. The first-order valence-corrected chi connectivity index (χ1v) is 6.77. The fraction of sp³-hybridized carbons (Fsp3) is 0.846. The number of carbonyl (C=O) groups is 1. The molecule has 2 aliphatic rings. The summed E-state index contributed by atoms with van der Waals surface area (Å²) in [5.74, 6) is -0.278. The highest BCUT2D eigenvalue weighted by Crippen LogP contribution is 2.12. The second-order valence-corrected chi connectivity index (χ2v) is 5.20. The third-order valence-electron chi connectivity index (χ3n) is 3.89. The summed E-state index contributed by atoms with van der Waals surface area (Å²) in [6.07, 6.45) is 0. The van der Waals surface area contributed by atoms with Crippen LogP contribution in [0.2, 0.25) is 0 Å². The van der Waals surface area contributed by atoms with E-state index in [1.54, 1.807) is 0 Å². The summed E-state index contributed by atoms with van der Waals surface area (Å²) in [4.78, 5) is 15.9. The zero-order chi connectivity index (χ0) is 14.5. The zero-order valence-corrected chi connectivity index (χ0v) is 11.9. The van der Waals surface area contributed by atoms with E-state index in [-0.39, 0.29) is 30.7 Å². The zero-order valence-electron chi connectivity index (χ0n) is 11.9. The summed E-state index contributed by atoms with van der Waals surface area (Å²) in [7, 11) is 3.74. The molecule has 0 aromatic rings. The van der Waals surface area contributed by atoms with Crippen LogP contribution in [0.25, 0.3) is 0 Å². The van der Waals surface area contributed by atoms with Crippen molar-refractivity contribution in [3.05, 3.63) is 0 Å². The number of ether oxygens (including phenoxy) is 3. The van der Waals surface area contributed by atoms with Crippen LogP contribution >= 0.6 is 0 Å². The highest BCUT2D eigenvalue weighted by Gasteiger charge is 2.32. The van der Waals surface area contributed by atoms with E-state index in [0.717, 1.165) is 6.54 Å². The molecule has 112 valence electrons. The van der Waals surface area contributed by atoms with E-state index in [2.05, 4.69) is 6.07 Å². The van der Waals surface area contributed by atoms with E-state index in [1.165, 1.54) is 0 Å². The van der Waals surface area contributed by atoms with Crippen molar-refractivity contribution in [1.29, 1.82) is 5.26 Å². The molecule has 2 heterocycles. The normalized spacial score (nSPS) is 32.5. The monoisotopic (exact) mass is 283 g/mol. The topological polar surface area (TPSA) is 75.0 Å². The minimum absolute atomic E-state index is 0.0767. The van der Waals surface area contributed by atoms with Crippen LogP contribution in [0, 0.1) is 11.3 Å². The first kappa shape index (κ1) is 15.2. The molecule has 0 bridgehead atoms. The summed E-state index contributed by atoms with van der Waals surface area (Å²) in [5.41, 5.74) is 0. The predicted molar refractivity (Wildman–Crippen MR) is 70.0 cm³/mol. The minimum atomic E-state index is -0.342. The third kappa shape index (κ3) is 3.46. The molecular weight excluding hydrogens is 262 g/mol. The molecule has 7 heteroatoms. The van der Waals surface area contributed by atoms with Gasteiger partial charge in [0, 0.05) is 6.54 Å². The van der Waals surface area contributed by atoms with Crippen molar-refractivity contribution in [1.82, 2.24) is 9.80 Å². The molecule has 3 atom stereocenters. The van der Waals surface area contributed by atoms with Crippen molar-refractivity contribution in [3.63, 3.8) is 0 Å². The number of nitriles is 1. The number of likely N-dealkylation sites (N-methyl/N-ethyl adjacent to an activating group) is 2. The second-order valence-electron chi connectivity index (χ2n) is 5.20. The molecule has 2 rings (SSSR count). The van der Waals surface area contributed by atoms with Gasteiger partial charge in [-0.05, 0) is 14.1 Å². The number of hydrogen-bond acceptors (Lipinski definition) is 7. The lowest BCUT2D eigenvalue weighted by molar-refractivity contribution is -0.159. The molecule has 0 saturated carbocycles. The summed E-state index contributed by atoms with van der Waals surface area (Å²) in [6.45, 7) is 2.84. The first-order chi connectivity index (χ1) is 9.63. The Balaban J connectivity index is 1.82. The Morgan fingerprint density at radius 1 is 1.35 bits per heavy atom. The lowest BCUT2D eigenvalue weighted by Gasteiger charge is -2.36. The van der Waals surface area contributed by atoms with Crippen molar-refractivity contribution in [2.24, 2.45) is 0 Å². The summed E-state index contributed by atoms with van der Waals surface area (Å²) < 4.78 is 16.0. The van der Waals surface area contributed by atoms with E-state index in [1.807, 2.05) is 23.9 Å². The number of esters is 1. The van der Waals surface area contributed by atoms with Crippen molar-refractivity contribution >= 4 is 5.97 Å². The molecule has 0 aromatic carbocycles. The van der Waals surface area contributed by atoms with Crippen molar-refractivity contribution in [3.8, 4) is 6.07 Å². The van der Waals surface area contributed by atoms with Gasteiger partial charge in [-0.15, -0.1) is 0 Å². The molecular formula is C13H21N3O4. The van der Waals surface area contributed by atoms with Gasteiger partial charge in [-0.2, -0.15) is 5.26 Å². The van der Waals surface area contributed by atoms with Crippen LogP contribution in [0.5, 0.6) is 0 Å².